The van der Waals surface area contributed by atoms with Crippen LogP contribution in [0.3, 0.4) is 0 Å². The van der Waals surface area contributed by atoms with E-state index in [1.54, 1.807) is 31.0 Å². The first-order valence-corrected chi connectivity index (χ1v) is 16.0. The van der Waals surface area contributed by atoms with Crippen LogP contribution in [0.25, 0.3) is 10.9 Å². The zero-order valence-electron chi connectivity index (χ0n) is 27.6. The molecule has 246 valence electrons. The molecule has 5 rings (SSSR count). The van der Waals surface area contributed by atoms with E-state index in [1.165, 1.54) is 32.0 Å². The van der Waals surface area contributed by atoms with Crippen molar-refractivity contribution in [1.82, 2.24) is 25.5 Å². The summed E-state index contributed by atoms with van der Waals surface area (Å²) in [6.45, 7) is 10.0. The van der Waals surface area contributed by atoms with E-state index in [1.807, 2.05) is 32.9 Å². The first-order valence-electron chi connectivity index (χ1n) is 16.0. The Morgan fingerprint density at radius 1 is 1.00 bits per heavy atom. The number of hydrogen-bond donors (Lipinski definition) is 4. The van der Waals surface area contributed by atoms with Crippen LogP contribution in [0, 0.1) is 5.41 Å². The van der Waals surface area contributed by atoms with Crippen molar-refractivity contribution in [3.63, 3.8) is 0 Å². The normalized spacial score (nSPS) is 17.9. The van der Waals surface area contributed by atoms with Crippen LogP contribution in [0.15, 0.2) is 42.7 Å². The molecular weight excluding hydrogens is 584 g/mol. The molecule has 12 heteroatoms. The van der Waals surface area contributed by atoms with Gasteiger partial charge in [0.2, 0.25) is 17.7 Å². The van der Waals surface area contributed by atoms with Gasteiger partial charge in [0, 0.05) is 42.5 Å². The fourth-order valence-corrected chi connectivity index (χ4v) is 6.05. The van der Waals surface area contributed by atoms with Crippen molar-refractivity contribution in [2.45, 2.75) is 71.5 Å². The number of likely N-dealkylation sites (N-methyl/N-ethyl adjacent to an activating group) is 1. The van der Waals surface area contributed by atoms with E-state index in [0.29, 0.717) is 47.5 Å². The molecule has 2 fully saturated rings. The van der Waals surface area contributed by atoms with Gasteiger partial charge in [0.25, 0.3) is 0 Å². The average Bonchev–Trinajstić information content (AvgIpc) is 3.76. The number of aromatic nitrogens is 2. The van der Waals surface area contributed by atoms with Gasteiger partial charge < -0.3 is 35.8 Å². The highest BCUT2D eigenvalue weighted by Gasteiger charge is 2.42. The molecule has 0 saturated carbocycles. The van der Waals surface area contributed by atoms with E-state index in [2.05, 4.69) is 48.3 Å². The number of benzene rings is 2. The van der Waals surface area contributed by atoms with Crippen molar-refractivity contribution < 1.29 is 19.1 Å². The first-order chi connectivity index (χ1) is 22.0. The van der Waals surface area contributed by atoms with Gasteiger partial charge >= 0.3 is 0 Å². The third-order valence-corrected chi connectivity index (χ3v) is 8.88. The summed E-state index contributed by atoms with van der Waals surface area (Å²) in [6, 6.07) is 9.89. The standard InChI is InChI=1S/C34H46N8O4/c1-21(35-5)31(43)40-29(34(2,3)4)33(45)42-17-9-10-27(42)32(44)39-26-18-24-25(19-28(26)46-6)36-20-37-30(24)38-22-11-13-23(14-12-22)41-15-7-8-16-41/h11-14,18-21,27,29,35H,7-10,15-17H2,1-6H3,(H,39,44)(H,40,43)(H,36,37,38)/t21-,27-,29+/m0/s1. The second-order valence-corrected chi connectivity index (χ2v) is 13.2. The molecule has 1 aromatic heterocycles. The lowest BCUT2D eigenvalue weighted by molar-refractivity contribution is -0.143. The summed E-state index contributed by atoms with van der Waals surface area (Å²) in [5.41, 5.74) is 2.62. The summed E-state index contributed by atoms with van der Waals surface area (Å²) in [6.07, 6.45) is 5.11. The Bertz CT molecular complexity index is 1570. The predicted molar refractivity (Wildman–Crippen MR) is 181 cm³/mol. The molecule has 2 aliphatic heterocycles. The van der Waals surface area contributed by atoms with Crippen molar-refractivity contribution in [3.8, 4) is 5.75 Å². The van der Waals surface area contributed by atoms with Crippen LogP contribution in [0.2, 0.25) is 0 Å². The van der Waals surface area contributed by atoms with E-state index >= 15 is 0 Å². The van der Waals surface area contributed by atoms with Gasteiger partial charge in [-0.25, -0.2) is 9.97 Å². The third kappa shape index (κ3) is 7.17. The SMILES string of the molecule is CN[C@@H](C)C(=O)N[C@H](C(=O)N1CCC[C@H]1C(=O)Nc1cc2c(Nc3ccc(N4CCCC4)cc3)ncnc2cc1OC)C(C)(C)C. The van der Waals surface area contributed by atoms with Gasteiger partial charge in [0.05, 0.1) is 24.4 Å². The van der Waals surface area contributed by atoms with E-state index < -0.39 is 23.5 Å². The van der Waals surface area contributed by atoms with Gasteiger partial charge in [0.1, 0.15) is 30.0 Å². The molecule has 3 aromatic rings. The molecule has 0 bridgehead atoms. The fourth-order valence-electron chi connectivity index (χ4n) is 6.05. The number of nitrogens with one attached hydrogen (secondary N) is 4. The molecule has 0 spiro atoms. The highest BCUT2D eigenvalue weighted by Crippen LogP contribution is 2.34. The zero-order valence-corrected chi connectivity index (χ0v) is 27.6. The summed E-state index contributed by atoms with van der Waals surface area (Å²) in [5.74, 6) is 0.162. The molecule has 4 N–H and O–H groups in total. The number of ether oxygens (including phenoxy) is 1. The molecule has 0 radical (unpaired) electrons. The van der Waals surface area contributed by atoms with Crippen LogP contribution < -0.4 is 30.9 Å². The second-order valence-electron chi connectivity index (χ2n) is 13.2. The van der Waals surface area contributed by atoms with Crippen molar-refractivity contribution in [3.05, 3.63) is 42.7 Å². The lowest BCUT2D eigenvalue weighted by Crippen LogP contribution is -2.59. The number of fused-ring (bicyclic) bond motifs is 1. The Balaban J connectivity index is 1.36. The molecular formula is C34H46N8O4. The maximum atomic E-state index is 13.9. The highest BCUT2D eigenvalue weighted by atomic mass is 16.5. The van der Waals surface area contributed by atoms with Crippen LogP contribution in [0.1, 0.15) is 53.4 Å². The lowest BCUT2D eigenvalue weighted by Gasteiger charge is -2.36. The number of hydrogen-bond acceptors (Lipinski definition) is 9. The number of nitrogens with zero attached hydrogens (tertiary/aromatic N) is 4. The van der Waals surface area contributed by atoms with Crippen LogP contribution in [0.4, 0.5) is 22.9 Å². The van der Waals surface area contributed by atoms with E-state index in [-0.39, 0.29) is 17.7 Å². The van der Waals surface area contributed by atoms with E-state index in [4.69, 9.17) is 4.74 Å². The maximum Gasteiger partial charge on any atom is 0.247 e. The van der Waals surface area contributed by atoms with Gasteiger partial charge in [-0.2, -0.15) is 0 Å². The van der Waals surface area contributed by atoms with Crippen molar-refractivity contribution in [2.24, 2.45) is 5.41 Å². The molecule has 2 saturated heterocycles. The summed E-state index contributed by atoms with van der Waals surface area (Å²) in [5, 5.41) is 12.9. The molecule has 0 unspecified atom stereocenters. The van der Waals surface area contributed by atoms with Crippen LogP contribution in [-0.2, 0) is 14.4 Å². The molecule has 2 aromatic carbocycles. The number of carbonyl (C=O) groups excluding carboxylic acids is 3. The lowest BCUT2D eigenvalue weighted by atomic mass is 9.85. The van der Waals surface area contributed by atoms with Gasteiger partial charge in [-0.1, -0.05) is 20.8 Å². The number of likely N-dealkylation sites (tertiary alicyclic amines) is 1. The highest BCUT2D eigenvalue weighted by molar-refractivity contribution is 6.03. The van der Waals surface area contributed by atoms with Gasteiger partial charge in [-0.05, 0) is 75.4 Å². The minimum atomic E-state index is -0.797. The molecule has 3 heterocycles. The fraction of sp³-hybridized carbons (Fsp3) is 0.500. The minimum Gasteiger partial charge on any atom is -0.494 e. The van der Waals surface area contributed by atoms with Gasteiger partial charge in [-0.3, -0.25) is 14.4 Å². The molecule has 2 aliphatic rings. The summed E-state index contributed by atoms with van der Waals surface area (Å²) in [7, 11) is 3.23. The van der Waals surface area contributed by atoms with Crippen molar-refractivity contribution in [2.75, 3.05) is 49.3 Å². The smallest absolute Gasteiger partial charge is 0.247 e. The summed E-state index contributed by atoms with van der Waals surface area (Å²) in [4.78, 5) is 53.3. The number of rotatable bonds is 10. The Hall–Kier alpha value is -4.45. The van der Waals surface area contributed by atoms with Crippen LogP contribution >= 0.6 is 0 Å². The number of carbonyl (C=O) groups is 3. The number of amides is 3. The van der Waals surface area contributed by atoms with Crippen molar-refractivity contribution >= 4 is 51.5 Å². The van der Waals surface area contributed by atoms with E-state index in [9.17, 15) is 14.4 Å². The Kier molecular flexibility index (Phi) is 9.95. The van der Waals surface area contributed by atoms with Gasteiger partial charge in [0.15, 0.2) is 0 Å². The third-order valence-electron chi connectivity index (χ3n) is 8.88. The number of methoxy groups -OCH3 is 1. The first kappa shape index (κ1) is 32.9. The minimum absolute atomic E-state index is 0.272. The largest absolute Gasteiger partial charge is 0.494 e. The van der Waals surface area contributed by atoms with Gasteiger partial charge in [-0.15, -0.1) is 0 Å². The van der Waals surface area contributed by atoms with Crippen molar-refractivity contribution in [1.29, 1.82) is 0 Å². The molecule has 3 atom stereocenters. The predicted octanol–water partition coefficient (Wildman–Crippen LogP) is 4.05. The second kappa shape index (κ2) is 13.9. The quantitative estimate of drug-likeness (QED) is 0.261. The summed E-state index contributed by atoms with van der Waals surface area (Å²) < 4.78 is 5.64. The Labute approximate surface area is 270 Å². The molecule has 46 heavy (non-hydrogen) atoms. The topological polar surface area (TPSA) is 141 Å². The molecule has 0 aliphatic carbocycles. The van der Waals surface area contributed by atoms with E-state index in [0.717, 1.165) is 18.8 Å². The molecule has 12 nitrogen and oxygen atoms in total. The van der Waals surface area contributed by atoms with Crippen LogP contribution in [0.5, 0.6) is 5.75 Å². The Morgan fingerprint density at radius 2 is 1.72 bits per heavy atom. The number of anilines is 4. The maximum absolute atomic E-state index is 13.9. The van der Waals surface area contributed by atoms with Crippen LogP contribution in [-0.4, -0.2) is 84.5 Å². The average molecular weight is 631 g/mol. The Morgan fingerprint density at radius 3 is 2.37 bits per heavy atom. The molecule has 3 amide bonds. The summed E-state index contributed by atoms with van der Waals surface area (Å²) >= 11 is 0. The zero-order chi connectivity index (χ0) is 33.0. The monoisotopic (exact) mass is 630 g/mol.